The summed E-state index contributed by atoms with van der Waals surface area (Å²) in [5, 5.41) is 0. The van der Waals surface area contributed by atoms with Gasteiger partial charge in [-0.1, -0.05) is 13.8 Å². The summed E-state index contributed by atoms with van der Waals surface area (Å²) in [4.78, 5) is 42.9. The van der Waals surface area contributed by atoms with Crippen LogP contribution in [-0.2, 0) is 28.7 Å². The fraction of sp³-hybridized carbons (Fsp3) is 0.556. The van der Waals surface area contributed by atoms with E-state index in [2.05, 4.69) is 9.47 Å². The number of hydrogen-bond acceptors (Lipinski definition) is 6. The molecule has 0 aromatic rings. The maximum atomic E-state index is 10.8. The third-order valence-corrected chi connectivity index (χ3v) is 1.32. The van der Waals surface area contributed by atoms with Crippen molar-refractivity contribution in [3.05, 3.63) is 0 Å². The molecular formula is C9H16Li2Na2O6. The molecule has 0 saturated heterocycles. The molecule has 0 aromatic heterocycles. The van der Waals surface area contributed by atoms with Gasteiger partial charge in [0.2, 0.25) is 0 Å². The van der Waals surface area contributed by atoms with E-state index in [9.17, 15) is 19.2 Å². The second-order valence-electron chi connectivity index (χ2n) is 2.58. The van der Waals surface area contributed by atoms with E-state index in [-0.39, 0.29) is 110 Å². The van der Waals surface area contributed by atoms with Crippen molar-refractivity contribution in [3.63, 3.8) is 0 Å². The predicted octanol–water partition coefficient (Wildman–Crippen LogP) is -2.26. The van der Waals surface area contributed by atoms with E-state index >= 15 is 0 Å². The molecule has 0 bridgehead atoms. The molecule has 0 spiro atoms. The maximum absolute atomic E-state index is 10.8. The van der Waals surface area contributed by atoms with Crippen molar-refractivity contribution in [1.29, 1.82) is 0 Å². The summed E-state index contributed by atoms with van der Waals surface area (Å²) in [6, 6.07) is 0. The zero-order valence-electron chi connectivity index (χ0n) is 8.57. The molecule has 0 N–H and O–H groups in total. The second kappa shape index (κ2) is 19.5. The SMILES string of the molecule is CCC(=O)OC(=O)CC(=O)OC(=O)CC.[LiH].[LiH].[NaH].[NaH]. The van der Waals surface area contributed by atoms with Gasteiger partial charge in [-0.3, -0.25) is 19.2 Å². The Kier molecular flexibility index (Phi) is 33.2. The van der Waals surface area contributed by atoms with Gasteiger partial charge in [-0.2, -0.15) is 0 Å². The zero-order chi connectivity index (χ0) is 11.8. The number of esters is 4. The van der Waals surface area contributed by atoms with E-state index < -0.39 is 30.3 Å². The Morgan fingerprint density at radius 2 is 0.947 bits per heavy atom. The first-order chi connectivity index (χ1) is 6.99. The Bertz CT molecular complexity index is 270. The van der Waals surface area contributed by atoms with Crippen molar-refractivity contribution in [2.45, 2.75) is 33.1 Å². The molecule has 19 heavy (non-hydrogen) atoms. The van der Waals surface area contributed by atoms with Crippen LogP contribution in [0.15, 0.2) is 0 Å². The van der Waals surface area contributed by atoms with E-state index in [1.54, 1.807) is 0 Å². The summed E-state index contributed by atoms with van der Waals surface area (Å²) in [6.45, 7) is 3.02. The predicted molar refractivity (Wildman–Crippen MR) is 76.0 cm³/mol. The molecule has 6 nitrogen and oxygen atoms in total. The summed E-state index contributed by atoms with van der Waals surface area (Å²) >= 11 is 0. The Balaban J connectivity index is -0.000000163. The van der Waals surface area contributed by atoms with E-state index in [1.807, 2.05) is 0 Å². The van der Waals surface area contributed by atoms with E-state index in [0.29, 0.717) is 0 Å². The fourth-order valence-electron chi connectivity index (χ4n) is 0.588. The minimum atomic E-state index is -1.02. The van der Waals surface area contributed by atoms with Crippen LogP contribution in [0.4, 0.5) is 0 Å². The Hall–Kier alpha value is 1.47. The van der Waals surface area contributed by atoms with Crippen LogP contribution in [0, 0.1) is 0 Å². The normalized spacial score (nSPS) is 7.26. The van der Waals surface area contributed by atoms with Gasteiger partial charge >= 0.3 is 121 Å². The third-order valence-electron chi connectivity index (χ3n) is 1.32. The van der Waals surface area contributed by atoms with Crippen LogP contribution in [0.5, 0.6) is 0 Å². The van der Waals surface area contributed by atoms with Gasteiger partial charge in [-0.25, -0.2) is 0 Å². The molecule has 0 radical (unpaired) electrons. The molecule has 0 fully saturated rings. The summed E-state index contributed by atoms with van der Waals surface area (Å²) < 4.78 is 8.39. The topological polar surface area (TPSA) is 86.7 Å². The molecule has 92 valence electrons. The Labute approximate surface area is 180 Å². The van der Waals surface area contributed by atoms with Crippen molar-refractivity contribution < 1.29 is 28.7 Å². The van der Waals surface area contributed by atoms with E-state index in [0.717, 1.165) is 0 Å². The molecule has 0 aliphatic carbocycles. The standard InChI is InChI=1S/C9H12O6.2Li.2Na.4H/c1-3-6(10)14-8(12)5-9(13)15-7(11)4-2;;;;;;;;/h3-5H2,1-2H3;;;;;;;;. The van der Waals surface area contributed by atoms with Gasteiger partial charge in [-0.15, -0.1) is 0 Å². The number of rotatable bonds is 4. The quantitative estimate of drug-likeness (QED) is 0.328. The molecule has 0 atom stereocenters. The van der Waals surface area contributed by atoms with E-state index in [1.165, 1.54) is 13.8 Å². The molecule has 0 heterocycles. The first kappa shape index (κ1) is 32.4. The van der Waals surface area contributed by atoms with Crippen molar-refractivity contribution >= 4 is 121 Å². The monoisotopic (exact) mass is 280 g/mol. The van der Waals surface area contributed by atoms with Gasteiger partial charge in [0.25, 0.3) is 0 Å². The van der Waals surface area contributed by atoms with Gasteiger partial charge in [0.05, 0.1) is 0 Å². The van der Waals surface area contributed by atoms with Crippen LogP contribution in [0.2, 0.25) is 0 Å². The first-order valence-corrected chi connectivity index (χ1v) is 4.46. The molecule has 0 rings (SSSR count). The van der Waals surface area contributed by atoms with Crippen molar-refractivity contribution in [3.8, 4) is 0 Å². The van der Waals surface area contributed by atoms with Crippen LogP contribution >= 0.6 is 0 Å². The molecule has 0 aliphatic heterocycles. The minimum absolute atomic E-state index is 0. The number of carbonyl (C=O) groups excluding carboxylic acids is 4. The zero-order valence-corrected chi connectivity index (χ0v) is 8.57. The first-order valence-electron chi connectivity index (χ1n) is 4.46. The number of ether oxygens (including phenoxy) is 2. The average molecular weight is 280 g/mol. The summed E-state index contributed by atoms with van der Waals surface area (Å²) in [5.74, 6) is -3.49. The van der Waals surface area contributed by atoms with Crippen molar-refractivity contribution in [2.75, 3.05) is 0 Å². The van der Waals surface area contributed by atoms with Gasteiger partial charge in [-0.05, 0) is 0 Å². The van der Waals surface area contributed by atoms with Crippen LogP contribution in [0.3, 0.4) is 0 Å². The second-order valence-corrected chi connectivity index (χ2v) is 2.58. The summed E-state index contributed by atoms with van der Waals surface area (Å²) in [5.41, 5.74) is 0. The molecule has 0 amide bonds. The Morgan fingerprint density at radius 3 is 1.16 bits per heavy atom. The van der Waals surface area contributed by atoms with Crippen molar-refractivity contribution in [2.24, 2.45) is 0 Å². The van der Waals surface area contributed by atoms with Crippen LogP contribution < -0.4 is 0 Å². The summed E-state index contributed by atoms with van der Waals surface area (Å²) in [6.07, 6.45) is -0.666. The third kappa shape index (κ3) is 19.5. The van der Waals surface area contributed by atoms with Crippen LogP contribution in [-0.4, -0.2) is 121 Å². The van der Waals surface area contributed by atoms with Gasteiger partial charge < -0.3 is 9.47 Å². The Morgan fingerprint density at radius 1 is 0.684 bits per heavy atom. The molecule has 0 unspecified atom stereocenters. The fourth-order valence-corrected chi connectivity index (χ4v) is 0.588. The van der Waals surface area contributed by atoms with Crippen LogP contribution in [0.25, 0.3) is 0 Å². The van der Waals surface area contributed by atoms with Gasteiger partial charge in [0.15, 0.2) is 0 Å². The number of carbonyl (C=O) groups is 4. The van der Waals surface area contributed by atoms with Crippen molar-refractivity contribution in [1.82, 2.24) is 0 Å². The number of hydrogen-bond donors (Lipinski definition) is 0. The summed E-state index contributed by atoms with van der Waals surface area (Å²) in [7, 11) is 0. The molecular weight excluding hydrogens is 264 g/mol. The van der Waals surface area contributed by atoms with Gasteiger partial charge in [0, 0.05) is 12.8 Å². The molecule has 0 saturated carbocycles. The van der Waals surface area contributed by atoms with Gasteiger partial charge in [0.1, 0.15) is 6.42 Å². The molecule has 0 aromatic carbocycles. The molecule has 0 aliphatic rings. The molecule has 10 heteroatoms. The van der Waals surface area contributed by atoms with E-state index in [4.69, 9.17) is 0 Å². The van der Waals surface area contributed by atoms with Crippen LogP contribution in [0.1, 0.15) is 33.1 Å². The average Bonchev–Trinajstić information content (AvgIpc) is 2.16.